The summed E-state index contributed by atoms with van der Waals surface area (Å²) in [4.78, 5) is 26.7. The molecule has 0 bridgehead atoms. The van der Waals surface area contributed by atoms with Gasteiger partial charge in [0.2, 0.25) is 0 Å². The molecule has 2 heteroatoms. The van der Waals surface area contributed by atoms with E-state index < -0.39 is 0 Å². The van der Waals surface area contributed by atoms with Crippen LogP contribution in [-0.2, 0) is 12.8 Å². The Morgan fingerprint density at radius 2 is 1.06 bits per heavy atom. The van der Waals surface area contributed by atoms with Crippen molar-refractivity contribution in [3.05, 3.63) is 69.8 Å². The molecule has 0 aromatic heterocycles. The third kappa shape index (κ3) is 5.97. The minimum Gasteiger partial charge on any atom is -0.289 e. The van der Waals surface area contributed by atoms with Crippen molar-refractivity contribution in [3.63, 3.8) is 0 Å². The molecule has 172 valence electrons. The third-order valence-corrected chi connectivity index (χ3v) is 6.88. The molecule has 1 aliphatic carbocycles. The zero-order valence-electron chi connectivity index (χ0n) is 20.2. The maximum atomic E-state index is 13.5. The van der Waals surface area contributed by atoms with Crippen molar-refractivity contribution in [1.82, 2.24) is 0 Å². The van der Waals surface area contributed by atoms with E-state index in [0.717, 1.165) is 31.2 Å². The van der Waals surface area contributed by atoms with Crippen LogP contribution >= 0.6 is 0 Å². The zero-order valence-corrected chi connectivity index (χ0v) is 20.2. The summed E-state index contributed by atoms with van der Waals surface area (Å²) < 4.78 is 0. The van der Waals surface area contributed by atoms with Gasteiger partial charge < -0.3 is 0 Å². The summed E-state index contributed by atoms with van der Waals surface area (Å²) in [5.41, 5.74) is 4.88. The van der Waals surface area contributed by atoms with Crippen LogP contribution in [0.2, 0.25) is 0 Å². The van der Waals surface area contributed by atoms with Gasteiger partial charge in [0.1, 0.15) is 0 Å². The highest BCUT2D eigenvalue weighted by molar-refractivity contribution is 6.29. The Morgan fingerprint density at radius 1 is 0.531 bits per heavy atom. The number of benzene rings is 2. The van der Waals surface area contributed by atoms with Gasteiger partial charge in [-0.1, -0.05) is 108 Å². The van der Waals surface area contributed by atoms with E-state index in [1.807, 2.05) is 24.3 Å². The van der Waals surface area contributed by atoms with Crippen molar-refractivity contribution in [2.45, 2.75) is 104 Å². The fourth-order valence-corrected chi connectivity index (χ4v) is 5.00. The molecule has 0 spiro atoms. The van der Waals surface area contributed by atoms with Crippen LogP contribution in [0.3, 0.4) is 0 Å². The van der Waals surface area contributed by atoms with Crippen LogP contribution in [0.5, 0.6) is 0 Å². The van der Waals surface area contributed by atoms with Gasteiger partial charge in [0, 0.05) is 22.3 Å². The van der Waals surface area contributed by atoms with Gasteiger partial charge in [0.15, 0.2) is 11.6 Å². The molecule has 0 saturated carbocycles. The lowest BCUT2D eigenvalue weighted by Crippen LogP contribution is -2.23. The summed E-state index contributed by atoms with van der Waals surface area (Å²) in [5, 5.41) is 0. The summed E-state index contributed by atoms with van der Waals surface area (Å²) in [5.74, 6) is 0.0477. The lowest BCUT2D eigenvalue weighted by molar-refractivity contribution is 0.0978. The van der Waals surface area contributed by atoms with E-state index in [0.29, 0.717) is 22.3 Å². The standard InChI is InChI=1S/C30H40O2/c1-3-5-7-9-11-13-17-23-21-22-27-28(24(23)18-14-12-10-8-6-4-2)30(32)26-20-16-15-19-25(26)29(27)31/h15-16,19-22H,3-14,17-18H2,1-2H3. The van der Waals surface area contributed by atoms with E-state index in [1.165, 1.54) is 69.8 Å². The molecule has 0 heterocycles. The van der Waals surface area contributed by atoms with E-state index in [4.69, 9.17) is 0 Å². The molecule has 0 saturated heterocycles. The van der Waals surface area contributed by atoms with Crippen LogP contribution in [0.25, 0.3) is 0 Å². The van der Waals surface area contributed by atoms with Crippen LogP contribution in [0, 0.1) is 0 Å². The number of carbonyl (C=O) groups excluding carboxylic acids is 2. The van der Waals surface area contributed by atoms with Crippen LogP contribution < -0.4 is 0 Å². The van der Waals surface area contributed by atoms with Gasteiger partial charge in [-0.2, -0.15) is 0 Å². The highest BCUT2D eigenvalue weighted by Gasteiger charge is 2.32. The number of rotatable bonds is 14. The molecule has 32 heavy (non-hydrogen) atoms. The first-order chi connectivity index (χ1) is 15.7. The number of unbranched alkanes of at least 4 members (excludes halogenated alkanes) is 10. The van der Waals surface area contributed by atoms with E-state index in [1.54, 1.807) is 6.07 Å². The fraction of sp³-hybridized carbons (Fsp3) is 0.533. The molecule has 0 radical (unpaired) electrons. The zero-order chi connectivity index (χ0) is 22.8. The molecule has 0 atom stereocenters. The topological polar surface area (TPSA) is 34.1 Å². The summed E-state index contributed by atoms with van der Waals surface area (Å²) in [6.07, 6.45) is 16.9. The summed E-state index contributed by atoms with van der Waals surface area (Å²) in [6, 6.07) is 11.4. The number of carbonyl (C=O) groups is 2. The van der Waals surface area contributed by atoms with Crippen molar-refractivity contribution >= 4 is 11.6 Å². The van der Waals surface area contributed by atoms with Gasteiger partial charge in [0.25, 0.3) is 0 Å². The van der Waals surface area contributed by atoms with Crippen molar-refractivity contribution in [3.8, 4) is 0 Å². The predicted octanol–water partition coefficient (Wildman–Crippen LogP) is 8.27. The first kappa shape index (κ1) is 24.4. The smallest absolute Gasteiger partial charge is 0.194 e. The number of hydrogen-bond acceptors (Lipinski definition) is 2. The minimum absolute atomic E-state index is 0.00510. The second-order valence-corrected chi connectivity index (χ2v) is 9.37. The summed E-state index contributed by atoms with van der Waals surface area (Å²) in [7, 11) is 0. The number of hydrogen-bond donors (Lipinski definition) is 0. The molecule has 2 nitrogen and oxygen atoms in total. The molecule has 2 aromatic rings. The Labute approximate surface area is 194 Å². The van der Waals surface area contributed by atoms with E-state index in [-0.39, 0.29) is 11.6 Å². The van der Waals surface area contributed by atoms with Gasteiger partial charge in [-0.15, -0.1) is 0 Å². The minimum atomic E-state index is 0.00510. The number of aryl methyl sites for hydroxylation is 1. The average Bonchev–Trinajstić information content (AvgIpc) is 2.82. The SMILES string of the molecule is CCCCCCCCc1ccc2c(c1CCCCCCCC)C(=O)c1ccccc1C2=O. The van der Waals surface area contributed by atoms with Gasteiger partial charge in [0.05, 0.1) is 0 Å². The highest BCUT2D eigenvalue weighted by atomic mass is 16.1. The van der Waals surface area contributed by atoms with Crippen LogP contribution in [0.1, 0.15) is 134 Å². The van der Waals surface area contributed by atoms with Crippen molar-refractivity contribution in [2.24, 2.45) is 0 Å². The van der Waals surface area contributed by atoms with Crippen molar-refractivity contribution in [2.75, 3.05) is 0 Å². The number of fused-ring (bicyclic) bond motifs is 2. The van der Waals surface area contributed by atoms with Gasteiger partial charge >= 0.3 is 0 Å². The molecule has 0 N–H and O–H groups in total. The maximum absolute atomic E-state index is 13.5. The van der Waals surface area contributed by atoms with Gasteiger partial charge in [-0.05, 0) is 42.9 Å². The Bertz CT molecular complexity index is 909. The second-order valence-electron chi connectivity index (χ2n) is 9.37. The molecule has 1 aliphatic rings. The summed E-state index contributed by atoms with van der Waals surface area (Å²) >= 11 is 0. The Kier molecular flexibility index (Phi) is 9.71. The van der Waals surface area contributed by atoms with Crippen LogP contribution in [0.4, 0.5) is 0 Å². The number of ketones is 2. The monoisotopic (exact) mass is 432 g/mol. The lowest BCUT2D eigenvalue weighted by atomic mass is 9.78. The Balaban J connectivity index is 1.80. The molecule has 0 amide bonds. The molecular formula is C30H40O2. The normalized spacial score (nSPS) is 12.7. The van der Waals surface area contributed by atoms with Crippen molar-refractivity contribution < 1.29 is 9.59 Å². The Morgan fingerprint density at radius 3 is 1.69 bits per heavy atom. The average molecular weight is 433 g/mol. The maximum Gasteiger partial charge on any atom is 0.194 e. The molecular weight excluding hydrogens is 392 g/mol. The molecule has 0 aliphatic heterocycles. The summed E-state index contributed by atoms with van der Waals surface area (Å²) in [6.45, 7) is 4.49. The van der Waals surface area contributed by atoms with E-state index in [9.17, 15) is 9.59 Å². The van der Waals surface area contributed by atoms with Gasteiger partial charge in [-0.25, -0.2) is 0 Å². The fourth-order valence-electron chi connectivity index (χ4n) is 5.00. The van der Waals surface area contributed by atoms with E-state index >= 15 is 0 Å². The molecule has 2 aromatic carbocycles. The molecule has 3 rings (SSSR count). The Hall–Kier alpha value is -2.22. The second kappa shape index (κ2) is 12.7. The molecule has 0 fully saturated rings. The largest absolute Gasteiger partial charge is 0.289 e. The first-order valence-corrected chi connectivity index (χ1v) is 13.0. The van der Waals surface area contributed by atoms with Gasteiger partial charge in [-0.3, -0.25) is 9.59 Å². The lowest BCUT2D eigenvalue weighted by Gasteiger charge is -2.23. The van der Waals surface area contributed by atoms with Crippen LogP contribution in [-0.4, -0.2) is 11.6 Å². The third-order valence-electron chi connectivity index (χ3n) is 6.88. The van der Waals surface area contributed by atoms with E-state index in [2.05, 4.69) is 19.9 Å². The quantitative estimate of drug-likeness (QED) is 0.240. The first-order valence-electron chi connectivity index (χ1n) is 13.0. The highest BCUT2D eigenvalue weighted by Crippen LogP contribution is 2.33. The van der Waals surface area contributed by atoms with Crippen molar-refractivity contribution in [1.29, 1.82) is 0 Å². The predicted molar refractivity (Wildman–Crippen MR) is 134 cm³/mol. The molecule has 0 unspecified atom stereocenters. The van der Waals surface area contributed by atoms with Crippen LogP contribution in [0.15, 0.2) is 36.4 Å².